The molecular weight excluding hydrogens is 372 g/mol. The van der Waals surface area contributed by atoms with Crippen LogP contribution >= 0.6 is 0 Å². The van der Waals surface area contributed by atoms with Crippen LogP contribution < -0.4 is 14.4 Å². The molecule has 0 spiro atoms. The monoisotopic (exact) mass is 392 g/mol. The predicted octanol–water partition coefficient (Wildman–Crippen LogP) is 2.19. The van der Waals surface area contributed by atoms with Gasteiger partial charge in [-0.05, 0) is 43.3 Å². The van der Waals surface area contributed by atoms with Gasteiger partial charge in [-0.25, -0.2) is 13.2 Å². The van der Waals surface area contributed by atoms with Crippen molar-refractivity contribution in [2.24, 2.45) is 0 Å². The molecular formula is C18H20N2O6S. The van der Waals surface area contributed by atoms with E-state index in [2.05, 4.69) is 5.32 Å². The van der Waals surface area contributed by atoms with Crippen LogP contribution in [0.4, 0.5) is 11.4 Å². The van der Waals surface area contributed by atoms with Gasteiger partial charge < -0.3 is 15.2 Å². The van der Waals surface area contributed by atoms with E-state index < -0.39 is 27.9 Å². The van der Waals surface area contributed by atoms with Crippen LogP contribution in [0, 0.1) is 0 Å². The first-order chi connectivity index (χ1) is 12.6. The number of benzene rings is 2. The SMILES string of the molecule is COc1ccc(N([C@H](C)C(=O)Nc2ccccc2C(=O)O)S(C)(=O)=O)cc1. The molecule has 2 rings (SSSR count). The fourth-order valence-corrected chi connectivity index (χ4v) is 3.73. The molecule has 0 bridgehead atoms. The van der Waals surface area contributed by atoms with Gasteiger partial charge in [0.05, 0.1) is 30.3 Å². The Balaban J connectivity index is 2.34. The van der Waals surface area contributed by atoms with E-state index in [0.29, 0.717) is 5.75 Å². The van der Waals surface area contributed by atoms with Crippen molar-refractivity contribution in [3.8, 4) is 5.75 Å². The van der Waals surface area contributed by atoms with Crippen molar-refractivity contribution in [1.29, 1.82) is 0 Å². The molecule has 2 N–H and O–H groups in total. The maximum Gasteiger partial charge on any atom is 0.337 e. The summed E-state index contributed by atoms with van der Waals surface area (Å²) in [5.74, 6) is -1.32. The second-order valence-corrected chi connectivity index (χ2v) is 7.63. The molecule has 144 valence electrons. The Labute approximate surface area is 157 Å². The van der Waals surface area contributed by atoms with Crippen molar-refractivity contribution >= 4 is 33.3 Å². The molecule has 0 fully saturated rings. The third-order valence-corrected chi connectivity index (χ3v) is 5.07. The van der Waals surface area contributed by atoms with E-state index in [1.54, 1.807) is 18.2 Å². The van der Waals surface area contributed by atoms with Crippen LogP contribution in [0.25, 0.3) is 0 Å². The first-order valence-corrected chi connectivity index (χ1v) is 9.76. The second kappa shape index (κ2) is 8.09. The number of carboxylic acid groups (broad SMARTS) is 1. The minimum absolute atomic E-state index is 0.0880. The molecule has 0 aliphatic rings. The molecule has 0 radical (unpaired) electrons. The van der Waals surface area contributed by atoms with Crippen LogP contribution in [0.15, 0.2) is 48.5 Å². The molecule has 2 aromatic rings. The Hall–Kier alpha value is -3.07. The molecule has 0 heterocycles. The van der Waals surface area contributed by atoms with E-state index in [-0.39, 0.29) is 16.9 Å². The third kappa shape index (κ3) is 4.76. The molecule has 27 heavy (non-hydrogen) atoms. The fraction of sp³-hybridized carbons (Fsp3) is 0.222. The number of aromatic carboxylic acids is 1. The third-order valence-electron chi connectivity index (χ3n) is 3.83. The number of methoxy groups -OCH3 is 1. The first kappa shape index (κ1) is 20.2. The average molecular weight is 392 g/mol. The molecule has 9 heteroatoms. The Morgan fingerprint density at radius 2 is 1.70 bits per heavy atom. The van der Waals surface area contributed by atoms with Gasteiger partial charge in [-0.15, -0.1) is 0 Å². The van der Waals surface area contributed by atoms with Gasteiger partial charge >= 0.3 is 5.97 Å². The molecule has 0 aliphatic heterocycles. The summed E-state index contributed by atoms with van der Waals surface area (Å²) in [4.78, 5) is 23.9. The summed E-state index contributed by atoms with van der Waals surface area (Å²) in [5, 5.41) is 11.7. The summed E-state index contributed by atoms with van der Waals surface area (Å²) in [6.45, 7) is 1.42. The summed E-state index contributed by atoms with van der Waals surface area (Å²) in [5.41, 5.74) is 0.283. The number of carbonyl (C=O) groups is 2. The number of sulfonamides is 1. The Bertz CT molecular complexity index is 941. The van der Waals surface area contributed by atoms with Gasteiger partial charge in [0.1, 0.15) is 11.8 Å². The fourth-order valence-electron chi connectivity index (χ4n) is 2.55. The standard InChI is InChI=1S/C18H20N2O6S/c1-12(17(21)19-16-7-5-4-6-15(16)18(22)23)20(27(3,24)25)13-8-10-14(26-2)11-9-13/h4-12H,1-3H3,(H,19,21)(H,22,23)/t12-/m1/s1. The zero-order valence-electron chi connectivity index (χ0n) is 15.0. The van der Waals surface area contributed by atoms with Crippen LogP contribution in [0.3, 0.4) is 0 Å². The molecule has 0 aliphatic carbocycles. The van der Waals surface area contributed by atoms with E-state index >= 15 is 0 Å². The molecule has 0 aromatic heterocycles. The number of nitrogens with one attached hydrogen (secondary N) is 1. The van der Waals surface area contributed by atoms with Crippen molar-refractivity contribution in [3.05, 3.63) is 54.1 Å². The number of rotatable bonds is 7. The van der Waals surface area contributed by atoms with Crippen LogP contribution in [0.5, 0.6) is 5.75 Å². The number of hydrogen-bond donors (Lipinski definition) is 2. The zero-order valence-corrected chi connectivity index (χ0v) is 15.9. The van der Waals surface area contributed by atoms with Gasteiger partial charge in [-0.2, -0.15) is 0 Å². The van der Waals surface area contributed by atoms with Gasteiger partial charge in [0.2, 0.25) is 15.9 Å². The second-order valence-electron chi connectivity index (χ2n) is 5.77. The lowest BCUT2D eigenvalue weighted by molar-refractivity contribution is -0.116. The topological polar surface area (TPSA) is 113 Å². The Morgan fingerprint density at radius 3 is 2.22 bits per heavy atom. The lowest BCUT2D eigenvalue weighted by atomic mass is 10.1. The normalized spacial score (nSPS) is 12.1. The summed E-state index contributed by atoms with van der Waals surface area (Å²) < 4.78 is 30.6. The molecule has 0 saturated carbocycles. The Kier molecular flexibility index (Phi) is 6.06. The van der Waals surface area contributed by atoms with Gasteiger partial charge in [-0.3, -0.25) is 9.10 Å². The number of ether oxygens (including phenoxy) is 1. The van der Waals surface area contributed by atoms with Crippen molar-refractivity contribution in [2.75, 3.05) is 23.0 Å². The van der Waals surface area contributed by atoms with Crippen molar-refractivity contribution in [2.45, 2.75) is 13.0 Å². The van der Waals surface area contributed by atoms with Crippen LogP contribution in [0.2, 0.25) is 0 Å². The molecule has 8 nitrogen and oxygen atoms in total. The molecule has 1 amide bonds. The van der Waals surface area contributed by atoms with E-state index in [4.69, 9.17) is 4.74 Å². The zero-order chi connectivity index (χ0) is 20.2. The number of carbonyl (C=O) groups excluding carboxylic acids is 1. The predicted molar refractivity (Wildman–Crippen MR) is 102 cm³/mol. The van der Waals surface area contributed by atoms with Crippen LogP contribution in [0.1, 0.15) is 17.3 Å². The maximum absolute atomic E-state index is 12.6. The lowest BCUT2D eigenvalue weighted by Gasteiger charge is -2.28. The Morgan fingerprint density at radius 1 is 1.11 bits per heavy atom. The van der Waals surface area contributed by atoms with Crippen molar-refractivity contribution in [1.82, 2.24) is 0 Å². The first-order valence-electron chi connectivity index (χ1n) is 7.91. The number of hydrogen-bond acceptors (Lipinski definition) is 5. The summed E-state index contributed by atoms with van der Waals surface area (Å²) in [6.07, 6.45) is 0.992. The van der Waals surface area contributed by atoms with E-state index in [1.807, 2.05) is 0 Å². The summed E-state index contributed by atoms with van der Waals surface area (Å²) >= 11 is 0. The molecule has 0 saturated heterocycles. The summed E-state index contributed by atoms with van der Waals surface area (Å²) in [7, 11) is -2.30. The number of nitrogens with zero attached hydrogens (tertiary/aromatic N) is 1. The lowest BCUT2D eigenvalue weighted by Crippen LogP contribution is -2.45. The minimum atomic E-state index is -3.79. The van der Waals surface area contributed by atoms with Gasteiger partial charge in [0.25, 0.3) is 0 Å². The van der Waals surface area contributed by atoms with E-state index in [9.17, 15) is 23.1 Å². The van der Waals surface area contributed by atoms with E-state index in [1.165, 1.54) is 44.4 Å². The highest BCUT2D eigenvalue weighted by molar-refractivity contribution is 7.92. The average Bonchev–Trinajstić information content (AvgIpc) is 2.61. The maximum atomic E-state index is 12.6. The van der Waals surface area contributed by atoms with Crippen LogP contribution in [-0.2, 0) is 14.8 Å². The number of para-hydroxylation sites is 1. The van der Waals surface area contributed by atoms with E-state index in [0.717, 1.165) is 10.6 Å². The largest absolute Gasteiger partial charge is 0.497 e. The number of carboxylic acids is 1. The molecule has 1 atom stereocenters. The van der Waals surface area contributed by atoms with Crippen molar-refractivity contribution in [3.63, 3.8) is 0 Å². The smallest absolute Gasteiger partial charge is 0.337 e. The van der Waals surface area contributed by atoms with Crippen LogP contribution in [-0.4, -0.2) is 44.8 Å². The number of anilines is 2. The van der Waals surface area contributed by atoms with Gasteiger partial charge in [-0.1, -0.05) is 12.1 Å². The van der Waals surface area contributed by atoms with Gasteiger partial charge in [0.15, 0.2) is 0 Å². The quantitative estimate of drug-likeness (QED) is 0.747. The van der Waals surface area contributed by atoms with Gasteiger partial charge in [0, 0.05) is 0 Å². The highest BCUT2D eigenvalue weighted by Crippen LogP contribution is 2.25. The molecule has 0 unspecified atom stereocenters. The number of amides is 1. The summed E-state index contributed by atoms with van der Waals surface area (Å²) in [6, 6.07) is 11.0. The minimum Gasteiger partial charge on any atom is -0.497 e. The van der Waals surface area contributed by atoms with Crippen molar-refractivity contribution < 1.29 is 27.9 Å². The highest BCUT2D eigenvalue weighted by Gasteiger charge is 2.29. The molecule has 2 aromatic carbocycles. The highest BCUT2D eigenvalue weighted by atomic mass is 32.2.